The second-order valence-corrected chi connectivity index (χ2v) is 6.62. The van der Waals surface area contributed by atoms with Gasteiger partial charge in [-0.3, -0.25) is 9.89 Å². The van der Waals surface area contributed by atoms with Gasteiger partial charge >= 0.3 is 0 Å². The Balaban J connectivity index is 1.48. The molecule has 0 spiro atoms. The van der Waals surface area contributed by atoms with Crippen molar-refractivity contribution in [1.29, 1.82) is 0 Å². The lowest BCUT2D eigenvalue weighted by atomic mass is 9.96. The molecule has 0 saturated carbocycles. The van der Waals surface area contributed by atoms with Crippen molar-refractivity contribution < 1.29 is 18.0 Å². The van der Waals surface area contributed by atoms with Gasteiger partial charge in [0.1, 0.15) is 11.5 Å². The second kappa shape index (κ2) is 7.41. The van der Waals surface area contributed by atoms with E-state index in [2.05, 4.69) is 20.4 Å². The van der Waals surface area contributed by atoms with E-state index in [1.807, 2.05) is 0 Å². The number of likely N-dealkylation sites (tertiary alicyclic amines) is 1. The van der Waals surface area contributed by atoms with Gasteiger partial charge in [0.25, 0.3) is 12.3 Å². The highest BCUT2D eigenvalue weighted by Crippen LogP contribution is 2.32. The predicted molar refractivity (Wildman–Crippen MR) is 94.2 cm³/mol. The number of aromatic amines is 1. The maximum atomic E-state index is 13.5. The Morgan fingerprint density at radius 1 is 1.21 bits per heavy atom. The first-order valence-electron chi connectivity index (χ1n) is 8.72. The van der Waals surface area contributed by atoms with Gasteiger partial charge in [0.05, 0.1) is 23.7 Å². The number of aromatic nitrogens is 4. The number of H-pyrrole nitrogens is 1. The van der Waals surface area contributed by atoms with Crippen LogP contribution in [0, 0.1) is 5.82 Å². The van der Waals surface area contributed by atoms with E-state index in [-0.39, 0.29) is 11.8 Å². The number of nitrogens with zero attached hydrogens (tertiary/aromatic N) is 4. The molecule has 0 radical (unpaired) electrons. The van der Waals surface area contributed by atoms with Gasteiger partial charge in [-0.25, -0.2) is 13.2 Å². The third kappa shape index (κ3) is 3.47. The van der Waals surface area contributed by atoms with Crippen molar-refractivity contribution >= 4 is 5.91 Å². The smallest absolute Gasteiger partial charge is 0.271 e. The molecule has 2 aromatic heterocycles. The lowest BCUT2D eigenvalue weighted by Crippen LogP contribution is -2.28. The Kier molecular flexibility index (Phi) is 4.81. The summed E-state index contributed by atoms with van der Waals surface area (Å²) in [5, 5.41) is 14.3. The summed E-state index contributed by atoms with van der Waals surface area (Å²) in [7, 11) is 0. The number of hydrogen-bond donors (Lipinski definition) is 1. The van der Waals surface area contributed by atoms with E-state index in [0.29, 0.717) is 36.5 Å². The molecule has 1 N–H and O–H groups in total. The molecular formula is C19H16F3N5O. The fourth-order valence-electron chi connectivity index (χ4n) is 3.39. The summed E-state index contributed by atoms with van der Waals surface area (Å²) in [6.07, 6.45) is 0.832. The van der Waals surface area contributed by atoms with Crippen molar-refractivity contribution in [2.45, 2.75) is 18.8 Å². The lowest BCUT2D eigenvalue weighted by Gasteiger charge is -2.16. The Hall–Kier alpha value is -3.23. The fraction of sp³-hybridized carbons (Fsp3) is 0.263. The van der Waals surface area contributed by atoms with Crippen LogP contribution in [0.2, 0.25) is 0 Å². The molecule has 0 bridgehead atoms. The maximum absolute atomic E-state index is 13.5. The number of rotatable bonds is 4. The molecule has 9 heteroatoms. The van der Waals surface area contributed by atoms with Crippen LogP contribution in [0.1, 0.15) is 40.4 Å². The molecule has 1 fully saturated rings. The van der Waals surface area contributed by atoms with Gasteiger partial charge in [-0.1, -0.05) is 6.07 Å². The normalized spacial score (nSPS) is 16.7. The molecule has 0 aliphatic carbocycles. The molecule has 1 atom stereocenters. The molecule has 28 heavy (non-hydrogen) atoms. The van der Waals surface area contributed by atoms with Crippen molar-refractivity contribution in [2.24, 2.45) is 0 Å². The lowest BCUT2D eigenvalue weighted by molar-refractivity contribution is 0.0785. The molecule has 144 valence electrons. The summed E-state index contributed by atoms with van der Waals surface area (Å²) in [6, 6.07) is 7.14. The fourth-order valence-corrected chi connectivity index (χ4v) is 3.39. The summed E-state index contributed by atoms with van der Waals surface area (Å²) in [5.41, 5.74) is 1.65. The molecular weight excluding hydrogens is 371 g/mol. The average molecular weight is 387 g/mol. The van der Waals surface area contributed by atoms with Crippen LogP contribution in [-0.4, -0.2) is 44.3 Å². The number of nitrogens with one attached hydrogen (secondary N) is 1. The molecule has 1 aromatic carbocycles. The van der Waals surface area contributed by atoms with Gasteiger partial charge < -0.3 is 4.90 Å². The third-order valence-electron chi connectivity index (χ3n) is 4.89. The number of benzene rings is 1. The van der Waals surface area contributed by atoms with Gasteiger partial charge in [-0.05, 0) is 36.2 Å². The number of hydrogen-bond acceptors (Lipinski definition) is 4. The van der Waals surface area contributed by atoms with Crippen LogP contribution in [-0.2, 0) is 0 Å². The zero-order valence-corrected chi connectivity index (χ0v) is 14.6. The highest BCUT2D eigenvalue weighted by Gasteiger charge is 2.30. The standard InChI is InChI=1S/C19H16F3N5O/c20-15-2-1-11(7-14(15)18(21)22)13-4-6-27(10-13)19(28)17-8-16(25-26-17)12-3-5-23-24-9-12/h1-3,5,7-9,13,18H,4,6,10H2,(H,25,26). The molecule has 4 rings (SSSR count). The number of carbonyl (C=O) groups is 1. The van der Waals surface area contributed by atoms with Crippen LogP contribution in [0.25, 0.3) is 11.3 Å². The van der Waals surface area contributed by atoms with Crippen LogP contribution in [0.15, 0.2) is 42.7 Å². The monoisotopic (exact) mass is 387 g/mol. The van der Waals surface area contributed by atoms with Crippen molar-refractivity contribution in [3.05, 3.63) is 65.4 Å². The van der Waals surface area contributed by atoms with Crippen molar-refractivity contribution in [1.82, 2.24) is 25.3 Å². The minimum Gasteiger partial charge on any atom is -0.337 e. The summed E-state index contributed by atoms with van der Waals surface area (Å²) >= 11 is 0. The van der Waals surface area contributed by atoms with Gasteiger partial charge in [0, 0.05) is 24.6 Å². The van der Waals surface area contributed by atoms with E-state index < -0.39 is 17.8 Å². The first-order chi connectivity index (χ1) is 13.5. The van der Waals surface area contributed by atoms with E-state index >= 15 is 0 Å². The van der Waals surface area contributed by atoms with E-state index in [0.717, 1.165) is 11.6 Å². The van der Waals surface area contributed by atoms with Gasteiger partial charge in [-0.15, -0.1) is 0 Å². The summed E-state index contributed by atoms with van der Waals surface area (Å²) in [6.45, 7) is 0.856. The van der Waals surface area contributed by atoms with Crippen LogP contribution in [0.4, 0.5) is 13.2 Å². The second-order valence-electron chi connectivity index (χ2n) is 6.62. The zero-order chi connectivity index (χ0) is 19.7. The highest BCUT2D eigenvalue weighted by molar-refractivity contribution is 5.93. The van der Waals surface area contributed by atoms with E-state index in [1.165, 1.54) is 18.3 Å². The summed E-state index contributed by atoms with van der Waals surface area (Å²) in [4.78, 5) is 14.4. The number of alkyl halides is 2. The van der Waals surface area contributed by atoms with E-state index in [4.69, 9.17) is 0 Å². The Morgan fingerprint density at radius 2 is 2.07 bits per heavy atom. The molecule has 1 aliphatic rings. The number of amides is 1. The quantitative estimate of drug-likeness (QED) is 0.743. The molecule has 3 aromatic rings. The third-order valence-corrected chi connectivity index (χ3v) is 4.89. The molecule has 1 unspecified atom stereocenters. The van der Waals surface area contributed by atoms with Crippen molar-refractivity contribution in [2.75, 3.05) is 13.1 Å². The van der Waals surface area contributed by atoms with Crippen LogP contribution in [0.3, 0.4) is 0 Å². The van der Waals surface area contributed by atoms with Crippen LogP contribution >= 0.6 is 0 Å². The zero-order valence-electron chi connectivity index (χ0n) is 14.6. The van der Waals surface area contributed by atoms with Gasteiger partial charge in [0.2, 0.25) is 0 Å². The summed E-state index contributed by atoms with van der Waals surface area (Å²) < 4.78 is 39.4. The number of halogens is 3. The first kappa shape index (κ1) is 18.1. The van der Waals surface area contributed by atoms with Gasteiger partial charge in [-0.2, -0.15) is 15.3 Å². The average Bonchev–Trinajstić information content (AvgIpc) is 3.38. The number of carbonyl (C=O) groups excluding carboxylic acids is 1. The first-order valence-corrected chi connectivity index (χ1v) is 8.72. The molecule has 6 nitrogen and oxygen atoms in total. The molecule has 1 aliphatic heterocycles. The Bertz CT molecular complexity index is 992. The molecule has 3 heterocycles. The van der Waals surface area contributed by atoms with Crippen molar-refractivity contribution in [3.63, 3.8) is 0 Å². The summed E-state index contributed by atoms with van der Waals surface area (Å²) in [5.74, 6) is -1.26. The SMILES string of the molecule is O=C(c1cc(-c2ccnnc2)n[nH]1)N1CCC(c2ccc(F)c(C(F)F)c2)C1. The molecule has 1 saturated heterocycles. The van der Waals surface area contributed by atoms with E-state index in [9.17, 15) is 18.0 Å². The maximum Gasteiger partial charge on any atom is 0.271 e. The Morgan fingerprint density at radius 3 is 2.82 bits per heavy atom. The minimum absolute atomic E-state index is 0.117. The van der Waals surface area contributed by atoms with Crippen LogP contribution in [0.5, 0.6) is 0 Å². The predicted octanol–water partition coefficient (Wildman–Crippen LogP) is 3.57. The Labute approximate surface area is 158 Å². The van der Waals surface area contributed by atoms with Gasteiger partial charge in [0.15, 0.2) is 0 Å². The largest absolute Gasteiger partial charge is 0.337 e. The van der Waals surface area contributed by atoms with Crippen molar-refractivity contribution in [3.8, 4) is 11.3 Å². The minimum atomic E-state index is -2.87. The van der Waals surface area contributed by atoms with Crippen LogP contribution < -0.4 is 0 Å². The van der Waals surface area contributed by atoms with E-state index in [1.54, 1.807) is 23.2 Å². The molecule has 1 amide bonds. The highest BCUT2D eigenvalue weighted by atomic mass is 19.3. The topological polar surface area (TPSA) is 74.8 Å².